The van der Waals surface area contributed by atoms with Gasteiger partial charge in [-0.15, -0.1) is 0 Å². The van der Waals surface area contributed by atoms with Crippen LogP contribution < -0.4 is 10.4 Å². The maximum absolute atomic E-state index is 13.1. The Hall–Kier alpha value is -3.09. The highest BCUT2D eigenvalue weighted by Gasteiger charge is 2.35. The standard InChI is InChI=1S/C22H25N3O4/c1-13-14(2)22(27)29-20-9-18(7-8-19(13)20)28-15(3)21(26)25(17-5-6-17)12-16-10-23-24(4)11-16/h7-11,15,17H,5-6,12H2,1-4H3. The molecular formula is C22H25N3O4. The second-order valence-electron chi connectivity index (χ2n) is 7.78. The molecule has 4 rings (SSSR count). The summed E-state index contributed by atoms with van der Waals surface area (Å²) in [5, 5.41) is 5.05. The molecule has 1 aliphatic carbocycles. The third-order valence-electron chi connectivity index (χ3n) is 5.47. The molecule has 1 unspecified atom stereocenters. The summed E-state index contributed by atoms with van der Waals surface area (Å²) in [5.41, 5.74) is 2.60. The lowest BCUT2D eigenvalue weighted by atomic mass is 10.1. The van der Waals surface area contributed by atoms with E-state index in [2.05, 4.69) is 5.10 Å². The fourth-order valence-corrected chi connectivity index (χ4v) is 3.51. The van der Waals surface area contributed by atoms with Gasteiger partial charge < -0.3 is 14.1 Å². The quantitative estimate of drug-likeness (QED) is 0.600. The first-order chi connectivity index (χ1) is 13.8. The molecule has 1 aliphatic rings. The molecule has 3 aromatic rings. The van der Waals surface area contributed by atoms with Crippen LogP contribution >= 0.6 is 0 Å². The summed E-state index contributed by atoms with van der Waals surface area (Å²) in [6.45, 7) is 5.92. The smallest absolute Gasteiger partial charge is 0.339 e. The third kappa shape index (κ3) is 3.90. The van der Waals surface area contributed by atoms with Crippen LogP contribution in [0.15, 0.2) is 39.8 Å². The Balaban J connectivity index is 1.53. The van der Waals surface area contributed by atoms with Crippen molar-refractivity contribution >= 4 is 16.9 Å². The molecular weight excluding hydrogens is 370 g/mol. The molecule has 2 aromatic heterocycles. The minimum absolute atomic E-state index is 0.0574. The van der Waals surface area contributed by atoms with Gasteiger partial charge in [0.1, 0.15) is 11.3 Å². The Morgan fingerprint density at radius 3 is 2.76 bits per heavy atom. The van der Waals surface area contributed by atoms with E-state index in [4.69, 9.17) is 9.15 Å². The first kappa shape index (κ1) is 19.2. The first-order valence-electron chi connectivity index (χ1n) is 9.82. The number of hydrogen-bond donors (Lipinski definition) is 0. The highest BCUT2D eigenvalue weighted by Crippen LogP contribution is 2.30. The number of hydrogen-bond acceptors (Lipinski definition) is 5. The van der Waals surface area contributed by atoms with Gasteiger partial charge >= 0.3 is 5.63 Å². The minimum Gasteiger partial charge on any atom is -0.481 e. The normalized spacial score (nSPS) is 14.8. The van der Waals surface area contributed by atoms with E-state index in [0.717, 1.165) is 29.4 Å². The largest absolute Gasteiger partial charge is 0.481 e. The van der Waals surface area contributed by atoms with Gasteiger partial charge in [0.2, 0.25) is 0 Å². The Kier molecular flexibility index (Phi) is 4.90. The van der Waals surface area contributed by atoms with Crippen molar-refractivity contribution in [3.8, 4) is 5.75 Å². The Morgan fingerprint density at radius 1 is 1.34 bits per heavy atom. The van der Waals surface area contributed by atoms with E-state index in [-0.39, 0.29) is 17.6 Å². The molecule has 1 fully saturated rings. The van der Waals surface area contributed by atoms with Crippen LogP contribution in [0.4, 0.5) is 0 Å². The average molecular weight is 395 g/mol. The topological polar surface area (TPSA) is 77.6 Å². The summed E-state index contributed by atoms with van der Waals surface area (Å²) in [6, 6.07) is 5.60. The van der Waals surface area contributed by atoms with Crippen molar-refractivity contribution in [2.45, 2.75) is 52.3 Å². The summed E-state index contributed by atoms with van der Waals surface area (Å²) in [5.74, 6) is 0.444. The van der Waals surface area contributed by atoms with Crippen LogP contribution in [0.3, 0.4) is 0 Å². The zero-order chi connectivity index (χ0) is 20.7. The van der Waals surface area contributed by atoms with Crippen LogP contribution in [0.1, 0.15) is 36.5 Å². The molecule has 29 heavy (non-hydrogen) atoms. The number of benzene rings is 1. The average Bonchev–Trinajstić information content (AvgIpc) is 3.45. The lowest BCUT2D eigenvalue weighted by Gasteiger charge is -2.25. The molecule has 0 aliphatic heterocycles. The van der Waals surface area contributed by atoms with E-state index in [0.29, 0.717) is 23.4 Å². The van der Waals surface area contributed by atoms with Crippen molar-refractivity contribution in [3.63, 3.8) is 0 Å². The van der Waals surface area contributed by atoms with Crippen LogP contribution in [-0.4, -0.2) is 32.7 Å². The number of aromatic nitrogens is 2. The molecule has 0 saturated heterocycles. The maximum atomic E-state index is 13.1. The van der Waals surface area contributed by atoms with E-state index < -0.39 is 6.10 Å². The van der Waals surface area contributed by atoms with E-state index in [1.54, 1.807) is 36.9 Å². The van der Waals surface area contributed by atoms with E-state index in [9.17, 15) is 9.59 Å². The van der Waals surface area contributed by atoms with E-state index in [1.165, 1.54) is 0 Å². The minimum atomic E-state index is -0.650. The van der Waals surface area contributed by atoms with Gasteiger partial charge in [0.25, 0.3) is 5.91 Å². The highest BCUT2D eigenvalue weighted by molar-refractivity contribution is 5.83. The molecule has 1 aromatic carbocycles. The van der Waals surface area contributed by atoms with Crippen LogP contribution in [0.2, 0.25) is 0 Å². The maximum Gasteiger partial charge on any atom is 0.339 e. The van der Waals surface area contributed by atoms with Gasteiger partial charge in [-0.1, -0.05) is 0 Å². The van der Waals surface area contributed by atoms with E-state index >= 15 is 0 Å². The lowest BCUT2D eigenvalue weighted by molar-refractivity contribution is -0.139. The number of nitrogens with zero attached hydrogens (tertiary/aromatic N) is 3. The molecule has 0 radical (unpaired) electrons. The van der Waals surface area contributed by atoms with Crippen molar-refractivity contribution in [3.05, 3.63) is 57.7 Å². The van der Waals surface area contributed by atoms with Crippen molar-refractivity contribution in [2.75, 3.05) is 0 Å². The van der Waals surface area contributed by atoms with Gasteiger partial charge in [0, 0.05) is 48.4 Å². The fraction of sp³-hybridized carbons (Fsp3) is 0.409. The Morgan fingerprint density at radius 2 is 2.10 bits per heavy atom. The molecule has 0 spiro atoms. The number of carbonyl (C=O) groups excluding carboxylic acids is 1. The van der Waals surface area contributed by atoms with Crippen molar-refractivity contribution in [2.24, 2.45) is 7.05 Å². The summed E-state index contributed by atoms with van der Waals surface area (Å²) in [7, 11) is 1.86. The molecule has 2 heterocycles. The van der Waals surface area contributed by atoms with Crippen molar-refractivity contribution in [1.82, 2.24) is 14.7 Å². The first-order valence-corrected chi connectivity index (χ1v) is 9.82. The van der Waals surface area contributed by atoms with Crippen LogP contribution in [0.25, 0.3) is 11.0 Å². The van der Waals surface area contributed by atoms with Crippen LogP contribution in [-0.2, 0) is 18.4 Å². The van der Waals surface area contributed by atoms with Crippen LogP contribution in [0, 0.1) is 13.8 Å². The van der Waals surface area contributed by atoms with E-state index in [1.807, 2.05) is 31.1 Å². The number of aryl methyl sites for hydroxylation is 2. The zero-order valence-corrected chi connectivity index (χ0v) is 17.1. The number of amides is 1. The second-order valence-corrected chi connectivity index (χ2v) is 7.78. The SMILES string of the molecule is Cc1c(C)c2ccc(OC(C)C(=O)N(Cc3cnn(C)c3)C3CC3)cc2oc1=O. The molecule has 1 atom stereocenters. The summed E-state index contributed by atoms with van der Waals surface area (Å²) in [6.07, 6.45) is 5.08. The van der Waals surface area contributed by atoms with Crippen LogP contribution in [0.5, 0.6) is 5.75 Å². The van der Waals surface area contributed by atoms with Gasteiger partial charge in [-0.3, -0.25) is 9.48 Å². The van der Waals surface area contributed by atoms with Gasteiger partial charge in [0.15, 0.2) is 6.10 Å². The molecule has 152 valence electrons. The van der Waals surface area contributed by atoms with Crippen molar-refractivity contribution in [1.29, 1.82) is 0 Å². The van der Waals surface area contributed by atoms with Gasteiger partial charge in [-0.2, -0.15) is 5.10 Å². The zero-order valence-electron chi connectivity index (χ0n) is 17.1. The Labute approximate surface area is 168 Å². The number of ether oxygens (including phenoxy) is 1. The second kappa shape index (κ2) is 7.39. The molecule has 0 N–H and O–H groups in total. The summed E-state index contributed by atoms with van der Waals surface area (Å²) in [4.78, 5) is 26.9. The number of carbonyl (C=O) groups is 1. The third-order valence-corrected chi connectivity index (χ3v) is 5.47. The predicted octanol–water partition coefficient (Wildman–Crippen LogP) is 3.10. The summed E-state index contributed by atoms with van der Waals surface area (Å²) < 4.78 is 13.0. The molecule has 0 bridgehead atoms. The lowest BCUT2D eigenvalue weighted by Crippen LogP contribution is -2.41. The summed E-state index contributed by atoms with van der Waals surface area (Å²) >= 11 is 0. The van der Waals surface area contributed by atoms with Gasteiger partial charge in [-0.05, 0) is 51.3 Å². The highest BCUT2D eigenvalue weighted by atomic mass is 16.5. The van der Waals surface area contributed by atoms with Gasteiger partial charge in [0.05, 0.1) is 6.20 Å². The monoisotopic (exact) mass is 395 g/mol. The van der Waals surface area contributed by atoms with Crippen molar-refractivity contribution < 1.29 is 13.9 Å². The fourth-order valence-electron chi connectivity index (χ4n) is 3.51. The molecule has 1 amide bonds. The molecule has 1 saturated carbocycles. The van der Waals surface area contributed by atoms with Gasteiger partial charge in [-0.25, -0.2) is 4.79 Å². The molecule has 7 nitrogen and oxygen atoms in total. The number of fused-ring (bicyclic) bond motifs is 1. The Bertz CT molecular complexity index is 1130. The molecule has 7 heteroatoms. The number of rotatable bonds is 6. The predicted molar refractivity (Wildman–Crippen MR) is 109 cm³/mol.